The fraction of sp³-hybridized carbons (Fsp3) is 0.273. The molecule has 0 spiro atoms. The van der Waals surface area contributed by atoms with Crippen molar-refractivity contribution in [2.24, 2.45) is 5.92 Å². The number of rotatable bonds is 7. The highest BCUT2D eigenvalue weighted by Gasteiger charge is 2.36. The predicted molar refractivity (Wildman–Crippen MR) is 111 cm³/mol. The van der Waals surface area contributed by atoms with Gasteiger partial charge >= 0.3 is 6.03 Å². The van der Waals surface area contributed by atoms with Gasteiger partial charge in [0.25, 0.3) is 0 Å². The molecule has 2 amide bonds. The second kappa shape index (κ2) is 9.01. The quantitative estimate of drug-likeness (QED) is 0.704. The molecule has 1 saturated heterocycles. The second-order valence-electron chi connectivity index (χ2n) is 6.71. The van der Waals surface area contributed by atoms with Gasteiger partial charge in [-0.25, -0.2) is 4.79 Å². The number of Topliss-reactive ketones (excluding diaryl/α,β-unsaturated/α-hetero) is 1. The van der Waals surface area contributed by atoms with E-state index in [2.05, 4.69) is 17.2 Å². The third kappa shape index (κ3) is 4.71. The minimum absolute atomic E-state index is 0.0931. The molecular formula is C22H23ClN2O4. The summed E-state index contributed by atoms with van der Waals surface area (Å²) in [5.74, 6) is 0.410. The predicted octanol–water partition coefficient (Wildman–Crippen LogP) is 4.39. The molecule has 3 rings (SSSR count). The maximum Gasteiger partial charge on any atom is 0.319 e. The molecular weight excluding hydrogens is 392 g/mol. The van der Waals surface area contributed by atoms with Gasteiger partial charge in [-0.2, -0.15) is 0 Å². The Morgan fingerprint density at radius 2 is 1.93 bits per heavy atom. The van der Waals surface area contributed by atoms with E-state index in [9.17, 15) is 9.59 Å². The molecule has 1 aliphatic heterocycles. The van der Waals surface area contributed by atoms with E-state index in [0.717, 1.165) is 11.1 Å². The number of ether oxygens (including phenoxy) is 2. The van der Waals surface area contributed by atoms with E-state index in [1.807, 2.05) is 31.2 Å². The molecule has 2 N–H and O–H groups in total. The number of carbonyl (C=O) groups is 2. The highest BCUT2D eigenvalue weighted by Crippen LogP contribution is 2.36. The topological polar surface area (TPSA) is 76.7 Å². The van der Waals surface area contributed by atoms with Gasteiger partial charge in [-0.05, 0) is 37.6 Å². The first-order chi connectivity index (χ1) is 13.9. The molecule has 1 fully saturated rings. The molecule has 2 aromatic carbocycles. The summed E-state index contributed by atoms with van der Waals surface area (Å²) in [6.45, 7) is 7.91. The molecule has 2 atom stereocenters. The molecule has 2 aromatic rings. The number of hydrogen-bond donors (Lipinski definition) is 2. The second-order valence-corrected chi connectivity index (χ2v) is 7.12. The van der Waals surface area contributed by atoms with Crippen molar-refractivity contribution in [1.82, 2.24) is 10.6 Å². The fourth-order valence-corrected chi connectivity index (χ4v) is 3.51. The van der Waals surface area contributed by atoms with Crippen molar-refractivity contribution >= 4 is 23.4 Å². The number of benzene rings is 2. The molecule has 0 unspecified atom stereocenters. The van der Waals surface area contributed by atoms with Crippen LogP contribution in [0.1, 0.15) is 31.0 Å². The van der Waals surface area contributed by atoms with Gasteiger partial charge in [0, 0.05) is 16.3 Å². The van der Waals surface area contributed by atoms with Gasteiger partial charge < -0.3 is 20.1 Å². The van der Waals surface area contributed by atoms with E-state index in [1.165, 1.54) is 6.92 Å². The number of halogens is 1. The van der Waals surface area contributed by atoms with Gasteiger partial charge in [0.1, 0.15) is 12.4 Å². The summed E-state index contributed by atoms with van der Waals surface area (Å²) < 4.78 is 11.7. The van der Waals surface area contributed by atoms with Crippen LogP contribution in [0.4, 0.5) is 4.79 Å². The van der Waals surface area contributed by atoms with Crippen LogP contribution < -0.4 is 20.1 Å². The van der Waals surface area contributed by atoms with Crippen LogP contribution in [0, 0.1) is 5.92 Å². The molecule has 29 heavy (non-hydrogen) atoms. The van der Waals surface area contributed by atoms with E-state index in [-0.39, 0.29) is 12.4 Å². The van der Waals surface area contributed by atoms with Gasteiger partial charge in [-0.15, -0.1) is 0 Å². The SMILES string of the molecule is C=C1NC(=O)N[C@H](c2ccc(OCc3ccccc3Cl)c(OCC)c2)[C@H]1C(C)=O. The smallest absolute Gasteiger partial charge is 0.319 e. The Balaban J connectivity index is 1.88. The molecule has 1 aliphatic rings. The van der Waals surface area contributed by atoms with Crippen molar-refractivity contribution in [1.29, 1.82) is 0 Å². The molecule has 0 bridgehead atoms. The number of nitrogens with one attached hydrogen (secondary N) is 2. The number of hydrogen-bond acceptors (Lipinski definition) is 4. The van der Waals surface area contributed by atoms with Crippen molar-refractivity contribution in [2.45, 2.75) is 26.5 Å². The van der Waals surface area contributed by atoms with E-state index in [1.54, 1.807) is 18.2 Å². The molecule has 0 aromatic heterocycles. The van der Waals surface area contributed by atoms with Crippen LogP contribution >= 0.6 is 11.6 Å². The first-order valence-corrected chi connectivity index (χ1v) is 9.68. The van der Waals surface area contributed by atoms with E-state index in [4.69, 9.17) is 21.1 Å². The van der Waals surface area contributed by atoms with E-state index < -0.39 is 18.0 Å². The average Bonchev–Trinajstić information content (AvgIpc) is 2.67. The van der Waals surface area contributed by atoms with Gasteiger partial charge in [0.05, 0.1) is 18.6 Å². The fourth-order valence-electron chi connectivity index (χ4n) is 3.32. The van der Waals surface area contributed by atoms with Crippen LogP contribution in [-0.2, 0) is 11.4 Å². The van der Waals surface area contributed by atoms with Gasteiger partial charge in [0.2, 0.25) is 0 Å². The standard InChI is InChI=1S/C22H23ClN2O4/c1-4-28-19-11-15(21-20(14(3)26)13(2)24-22(27)25-21)9-10-18(19)29-12-16-7-5-6-8-17(16)23/h5-11,20-21H,2,4,12H2,1,3H3,(H2,24,25,27)/t20-,21-/m1/s1. The van der Waals surface area contributed by atoms with Crippen molar-refractivity contribution in [3.63, 3.8) is 0 Å². The van der Waals surface area contributed by atoms with Crippen molar-refractivity contribution < 1.29 is 19.1 Å². The summed E-state index contributed by atoms with van der Waals surface area (Å²) in [4.78, 5) is 24.1. The first-order valence-electron chi connectivity index (χ1n) is 9.30. The highest BCUT2D eigenvalue weighted by molar-refractivity contribution is 6.31. The minimum atomic E-state index is -0.572. The normalized spacial score (nSPS) is 18.6. The van der Waals surface area contributed by atoms with Gasteiger partial charge in [0.15, 0.2) is 11.5 Å². The summed E-state index contributed by atoms with van der Waals surface area (Å²) in [6.07, 6.45) is 0. The summed E-state index contributed by atoms with van der Waals surface area (Å²) >= 11 is 6.19. The maximum absolute atomic E-state index is 12.1. The molecule has 7 heteroatoms. The Hall–Kier alpha value is -2.99. The molecule has 1 heterocycles. The zero-order valence-corrected chi connectivity index (χ0v) is 17.1. The number of amides is 2. The Labute approximate surface area is 174 Å². The largest absolute Gasteiger partial charge is 0.490 e. The number of urea groups is 1. The lowest BCUT2D eigenvalue weighted by molar-refractivity contribution is -0.120. The molecule has 0 aliphatic carbocycles. The Morgan fingerprint density at radius 1 is 1.17 bits per heavy atom. The summed E-state index contributed by atoms with van der Waals surface area (Å²) in [7, 11) is 0. The van der Waals surface area contributed by atoms with Gasteiger partial charge in [-0.3, -0.25) is 4.79 Å². The maximum atomic E-state index is 12.1. The molecule has 0 saturated carbocycles. The lowest BCUT2D eigenvalue weighted by Gasteiger charge is -2.33. The van der Waals surface area contributed by atoms with E-state index in [0.29, 0.717) is 28.8 Å². The summed E-state index contributed by atoms with van der Waals surface area (Å²) in [6, 6.07) is 11.9. The monoisotopic (exact) mass is 414 g/mol. The van der Waals surface area contributed by atoms with E-state index >= 15 is 0 Å². The van der Waals surface area contributed by atoms with Crippen molar-refractivity contribution in [2.75, 3.05) is 6.61 Å². The third-order valence-electron chi connectivity index (χ3n) is 4.68. The van der Waals surface area contributed by atoms with Crippen molar-refractivity contribution in [3.8, 4) is 11.5 Å². The van der Waals surface area contributed by atoms with Crippen LogP contribution in [0.2, 0.25) is 5.02 Å². The number of ketones is 1. The third-order valence-corrected chi connectivity index (χ3v) is 5.04. The van der Waals surface area contributed by atoms with Crippen LogP contribution in [-0.4, -0.2) is 18.4 Å². The summed E-state index contributed by atoms with van der Waals surface area (Å²) in [5.41, 5.74) is 1.97. The van der Waals surface area contributed by atoms with Gasteiger partial charge in [-0.1, -0.05) is 42.4 Å². The van der Waals surface area contributed by atoms with Crippen LogP contribution in [0.5, 0.6) is 11.5 Å². The molecule has 6 nitrogen and oxygen atoms in total. The first kappa shape index (κ1) is 20.7. The Bertz CT molecular complexity index is 944. The zero-order chi connectivity index (χ0) is 21.0. The lowest BCUT2D eigenvalue weighted by atomic mass is 9.86. The van der Waals surface area contributed by atoms with Crippen LogP contribution in [0.15, 0.2) is 54.7 Å². The zero-order valence-electron chi connectivity index (χ0n) is 16.3. The molecule has 152 valence electrons. The highest BCUT2D eigenvalue weighted by atomic mass is 35.5. The minimum Gasteiger partial charge on any atom is -0.490 e. The molecule has 0 radical (unpaired) electrons. The average molecular weight is 415 g/mol. The van der Waals surface area contributed by atoms with Crippen LogP contribution in [0.25, 0.3) is 0 Å². The van der Waals surface area contributed by atoms with Crippen molar-refractivity contribution in [3.05, 3.63) is 70.9 Å². The number of carbonyl (C=O) groups excluding carboxylic acids is 2. The lowest BCUT2D eigenvalue weighted by Crippen LogP contribution is -2.50. The Kier molecular flexibility index (Phi) is 6.44. The Morgan fingerprint density at radius 3 is 2.62 bits per heavy atom. The van der Waals surface area contributed by atoms with Crippen LogP contribution in [0.3, 0.4) is 0 Å². The summed E-state index contributed by atoms with van der Waals surface area (Å²) in [5, 5.41) is 6.00.